The van der Waals surface area contributed by atoms with E-state index in [-0.39, 0.29) is 5.54 Å². The minimum Gasteiger partial charge on any atom is -0.371 e. The van der Waals surface area contributed by atoms with E-state index in [1.165, 1.54) is 5.82 Å². The standard InChI is InChI=1S/C12H22B2N4/c1-12(2)11-15(5)13(3)16(6)14(4)18(11)10-8-7-9-17(10)12/h7-9,11H,1-6H3. The van der Waals surface area contributed by atoms with Gasteiger partial charge in [-0.2, -0.15) is 0 Å². The van der Waals surface area contributed by atoms with Gasteiger partial charge in [0.1, 0.15) is 0 Å². The predicted molar refractivity (Wildman–Crippen MR) is 78.8 cm³/mol. The van der Waals surface area contributed by atoms with Crippen LogP contribution in [0.25, 0.3) is 0 Å². The molecular formula is C12H22B2N4. The van der Waals surface area contributed by atoms with E-state index in [1.807, 2.05) is 0 Å². The molecule has 0 aliphatic carbocycles. The van der Waals surface area contributed by atoms with Gasteiger partial charge in [0.15, 0.2) is 0 Å². The first kappa shape index (κ1) is 12.2. The van der Waals surface area contributed by atoms with Gasteiger partial charge in [-0.25, -0.2) is 0 Å². The molecule has 1 atom stereocenters. The van der Waals surface area contributed by atoms with E-state index < -0.39 is 0 Å². The highest BCUT2D eigenvalue weighted by atomic mass is 15.5. The topological polar surface area (TPSA) is 14.7 Å². The van der Waals surface area contributed by atoms with Crippen molar-refractivity contribution in [1.29, 1.82) is 0 Å². The highest BCUT2D eigenvalue weighted by Gasteiger charge is 2.54. The Hall–Kier alpha value is -0.870. The Morgan fingerprint density at radius 1 is 1.17 bits per heavy atom. The minimum atomic E-state index is 0.108. The van der Waals surface area contributed by atoms with Crippen molar-refractivity contribution >= 4 is 19.8 Å². The maximum atomic E-state index is 2.54. The zero-order valence-electron chi connectivity index (χ0n) is 12.3. The molecule has 3 heterocycles. The van der Waals surface area contributed by atoms with E-state index in [0.717, 1.165) is 0 Å². The molecule has 0 aromatic carbocycles. The third-order valence-corrected chi connectivity index (χ3v) is 5.06. The van der Waals surface area contributed by atoms with Crippen molar-refractivity contribution in [3.05, 3.63) is 18.3 Å². The molecule has 0 spiro atoms. The van der Waals surface area contributed by atoms with E-state index in [1.54, 1.807) is 0 Å². The Kier molecular flexibility index (Phi) is 2.42. The molecule has 4 nitrogen and oxygen atoms in total. The molecule has 0 radical (unpaired) electrons. The van der Waals surface area contributed by atoms with Gasteiger partial charge in [-0.1, -0.05) is 13.6 Å². The maximum absolute atomic E-state index is 2.54. The van der Waals surface area contributed by atoms with E-state index >= 15 is 0 Å². The quantitative estimate of drug-likeness (QED) is 0.642. The number of anilines is 1. The molecule has 1 aromatic heterocycles. The fourth-order valence-electron chi connectivity index (χ4n) is 3.75. The first-order valence-electron chi connectivity index (χ1n) is 6.77. The van der Waals surface area contributed by atoms with Crippen LogP contribution < -0.4 is 4.81 Å². The normalized spacial score (nSPS) is 27.7. The van der Waals surface area contributed by atoms with Crippen LogP contribution in [0.3, 0.4) is 0 Å². The minimum absolute atomic E-state index is 0.108. The molecule has 1 aromatic rings. The van der Waals surface area contributed by atoms with Crippen molar-refractivity contribution in [2.24, 2.45) is 0 Å². The fourth-order valence-corrected chi connectivity index (χ4v) is 3.75. The third kappa shape index (κ3) is 1.25. The molecule has 3 rings (SSSR count). The molecule has 0 amide bonds. The molecule has 0 N–H and O–H groups in total. The van der Waals surface area contributed by atoms with Crippen molar-refractivity contribution in [2.75, 3.05) is 18.9 Å². The maximum Gasteiger partial charge on any atom is 0.331 e. The molecule has 96 valence electrons. The molecule has 6 heteroatoms. The van der Waals surface area contributed by atoms with Crippen LogP contribution in [0, 0.1) is 0 Å². The molecule has 1 fully saturated rings. The smallest absolute Gasteiger partial charge is 0.331 e. The van der Waals surface area contributed by atoms with Gasteiger partial charge in [-0.05, 0) is 40.1 Å². The zero-order valence-corrected chi connectivity index (χ0v) is 12.3. The Labute approximate surface area is 111 Å². The van der Waals surface area contributed by atoms with Gasteiger partial charge in [0.05, 0.1) is 17.5 Å². The number of fused-ring (bicyclic) bond motifs is 3. The number of rotatable bonds is 0. The Balaban J connectivity index is 2.13. The molecule has 0 saturated carbocycles. The molecule has 1 saturated heterocycles. The first-order valence-corrected chi connectivity index (χ1v) is 6.77. The summed E-state index contributed by atoms with van der Waals surface area (Å²) in [6.07, 6.45) is 2.63. The average Bonchev–Trinajstić information content (AvgIpc) is 2.86. The summed E-state index contributed by atoms with van der Waals surface area (Å²) in [7, 11) is 4.44. The second-order valence-corrected chi connectivity index (χ2v) is 6.27. The lowest BCUT2D eigenvalue weighted by atomic mass is 9.56. The molecule has 0 bridgehead atoms. The van der Waals surface area contributed by atoms with Crippen LogP contribution in [-0.4, -0.2) is 48.3 Å². The SMILES string of the molecule is CB1N(C)B(C)N2c3cccn3C(C)(C)C2N1C. The second kappa shape index (κ2) is 3.58. The Bertz CT molecular complexity index is 472. The van der Waals surface area contributed by atoms with Gasteiger partial charge in [-0.15, -0.1) is 0 Å². The fraction of sp³-hybridized carbons (Fsp3) is 0.667. The number of hydrogen-bond donors (Lipinski definition) is 0. The van der Waals surface area contributed by atoms with Crippen LogP contribution in [0.15, 0.2) is 18.3 Å². The second-order valence-electron chi connectivity index (χ2n) is 6.27. The summed E-state index contributed by atoms with van der Waals surface area (Å²) in [6, 6.07) is 4.38. The van der Waals surface area contributed by atoms with E-state index in [9.17, 15) is 0 Å². The summed E-state index contributed by atoms with van der Waals surface area (Å²) in [5, 5.41) is 0. The average molecular weight is 244 g/mol. The van der Waals surface area contributed by atoms with Crippen molar-refractivity contribution in [3.8, 4) is 0 Å². The van der Waals surface area contributed by atoms with E-state index in [4.69, 9.17) is 0 Å². The number of hydrogen-bond acceptors (Lipinski definition) is 3. The van der Waals surface area contributed by atoms with Crippen LogP contribution in [0.4, 0.5) is 5.82 Å². The summed E-state index contributed by atoms with van der Waals surface area (Å²) in [5.74, 6) is 1.34. The molecule has 1 unspecified atom stereocenters. The van der Waals surface area contributed by atoms with Crippen molar-refractivity contribution in [1.82, 2.24) is 14.1 Å². The summed E-state index contributed by atoms with van der Waals surface area (Å²) >= 11 is 0. The lowest BCUT2D eigenvalue weighted by Gasteiger charge is -2.52. The lowest BCUT2D eigenvalue weighted by molar-refractivity contribution is 0.206. The van der Waals surface area contributed by atoms with Crippen molar-refractivity contribution < 1.29 is 0 Å². The Morgan fingerprint density at radius 3 is 2.50 bits per heavy atom. The van der Waals surface area contributed by atoms with Crippen LogP contribution in [0.1, 0.15) is 13.8 Å². The zero-order chi connectivity index (χ0) is 13.2. The van der Waals surface area contributed by atoms with Gasteiger partial charge in [-0.3, -0.25) is 0 Å². The number of nitrogens with zero attached hydrogens (tertiary/aromatic N) is 4. The predicted octanol–water partition coefficient (Wildman–Crippen LogP) is 1.48. The van der Waals surface area contributed by atoms with Gasteiger partial charge < -0.3 is 18.9 Å². The molecule has 18 heavy (non-hydrogen) atoms. The van der Waals surface area contributed by atoms with Gasteiger partial charge in [0.25, 0.3) is 6.98 Å². The van der Waals surface area contributed by atoms with Crippen LogP contribution in [0.5, 0.6) is 0 Å². The molecule has 2 aliphatic heterocycles. The van der Waals surface area contributed by atoms with Gasteiger partial charge in [0.2, 0.25) is 0 Å². The highest BCUT2D eigenvalue weighted by molar-refractivity contribution is 6.73. The van der Waals surface area contributed by atoms with E-state index in [2.05, 4.69) is 78.8 Å². The monoisotopic (exact) mass is 244 g/mol. The largest absolute Gasteiger partial charge is 0.371 e. The van der Waals surface area contributed by atoms with Crippen molar-refractivity contribution in [3.63, 3.8) is 0 Å². The highest BCUT2D eigenvalue weighted by Crippen LogP contribution is 2.43. The lowest BCUT2D eigenvalue weighted by Crippen LogP contribution is -2.73. The summed E-state index contributed by atoms with van der Waals surface area (Å²) in [5.41, 5.74) is 0.108. The van der Waals surface area contributed by atoms with Gasteiger partial charge in [0, 0.05) is 6.20 Å². The number of likely N-dealkylation sites (N-methyl/N-ethyl adjacent to an activating group) is 1. The first-order chi connectivity index (χ1) is 8.37. The van der Waals surface area contributed by atoms with Crippen molar-refractivity contribution in [2.45, 2.75) is 39.2 Å². The van der Waals surface area contributed by atoms with Crippen LogP contribution in [0.2, 0.25) is 13.6 Å². The third-order valence-electron chi connectivity index (χ3n) is 5.06. The summed E-state index contributed by atoms with van der Waals surface area (Å²) in [4.78, 5) is 5.02. The van der Waals surface area contributed by atoms with Crippen LogP contribution in [-0.2, 0) is 5.54 Å². The van der Waals surface area contributed by atoms with E-state index in [0.29, 0.717) is 20.1 Å². The Morgan fingerprint density at radius 2 is 1.83 bits per heavy atom. The molecular weight excluding hydrogens is 222 g/mol. The van der Waals surface area contributed by atoms with Crippen LogP contribution >= 0.6 is 0 Å². The summed E-state index contributed by atoms with van der Waals surface area (Å²) < 4.78 is 4.84. The number of aromatic nitrogens is 1. The molecule has 2 aliphatic rings. The summed E-state index contributed by atoms with van der Waals surface area (Å²) in [6.45, 7) is 10.2. The van der Waals surface area contributed by atoms with Gasteiger partial charge >= 0.3 is 6.98 Å².